The average molecular weight is 175 g/mol. The van der Waals surface area contributed by atoms with Gasteiger partial charge in [-0.2, -0.15) is 0 Å². The van der Waals surface area contributed by atoms with E-state index >= 15 is 0 Å². The second-order valence-corrected chi connectivity index (χ2v) is 3.19. The fraction of sp³-hybridized carbons (Fsp3) is 1.00. The standard InChI is InChI=1S/C7H15BO2P/c1-8-7-3-5(9-2)6(4-11)10-7/h5-7H,3-4,11H2,1-2H3/t5-,6-,7-/m1/s1/i2T. The van der Waals surface area contributed by atoms with Gasteiger partial charge in [-0.1, -0.05) is 6.82 Å². The van der Waals surface area contributed by atoms with E-state index in [1.807, 2.05) is 14.1 Å². The summed E-state index contributed by atoms with van der Waals surface area (Å²) in [5.74, 6) is 0. The molecular weight excluding hydrogens is 158 g/mol. The van der Waals surface area contributed by atoms with E-state index < -0.39 is 0 Å². The van der Waals surface area contributed by atoms with E-state index in [1.165, 1.54) is 0 Å². The normalized spacial score (nSPS) is 38.7. The molecule has 0 aromatic heterocycles. The Balaban J connectivity index is 2.39. The first kappa shape index (κ1) is 8.03. The van der Waals surface area contributed by atoms with E-state index in [2.05, 4.69) is 9.24 Å². The fourth-order valence-electron chi connectivity index (χ4n) is 1.35. The van der Waals surface area contributed by atoms with Gasteiger partial charge in [0, 0.05) is 13.1 Å². The van der Waals surface area contributed by atoms with Crippen molar-refractivity contribution in [2.24, 2.45) is 0 Å². The third kappa shape index (κ3) is 2.17. The molecule has 1 heterocycles. The molecule has 0 spiro atoms. The van der Waals surface area contributed by atoms with E-state index in [-0.39, 0.29) is 25.3 Å². The predicted octanol–water partition coefficient (Wildman–Crippen LogP) is 0.744. The van der Waals surface area contributed by atoms with Crippen LogP contribution in [0.15, 0.2) is 0 Å². The molecule has 1 saturated heterocycles. The largest absolute Gasteiger partial charge is 0.381 e. The number of rotatable bonds is 3. The first-order valence-corrected chi connectivity index (χ1v) is 4.69. The van der Waals surface area contributed by atoms with Crippen molar-refractivity contribution in [3.63, 3.8) is 0 Å². The van der Waals surface area contributed by atoms with E-state index in [4.69, 9.17) is 10.8 Å². The lowest BCUT2D eigenvalue weighted by atomic mass is 9.73. The summed E-state index contributed by atoms with van der Waals surface area (Å²) in [6.07, 6.45) is 2.05. The van der Waals surface area contributed by atoms with E-state index in [0.717, 1.165) is 12.6 Å². The minimum atomic E-state index is 0.0334. The Kier molecular flexibility index (Phi) is 3.24. The van der Waals surface area contributed by atoms with Gasteiger partial charge in [-0.3, -0.25) is 0 Å². The summed E-state index contributed by atoms with van der Waals surface area (Å²) in [4.78, 5) is 0. The van der Waals surface area contributed by atoms with Crippen molar-refractivity contribution in [3.8, 4) is 0 Å². The highest BCUT2D eigenvalue weighted by Crippen LogP contribution is 2.23. The van der Waals surface area contributed by atoms with Gasteiger partial charge in [-0.05, 0) is 12.6 Å². The van der Waals surface area contributed by atoms with Crippen molar-refractivity contribution in [1.82, 2.24) is 0 Å². The van der Waals surface area contributed by atoms with Crippen molar-refractivity contribution in [3.05, 3.63) is 0 Å². The number of methoxy groups -OCH3 is 1. The van der Waals surface area contributed by atoms with Gasteiger partial charge < -0.3 is 9.47 Å². The summed E-state index contributed by atoms with van der Waals surface area (Å²) in [5, 5.41) is 0. The van der Waals surface area contributed by atoms with Crippen LogP contribution in [0.2, 0.25) is 6.82 Å². The van der Waals surface area contributed by atoms with E-state index in [0.29, 0.717) is 0 Å². The molecule has 0 saturated carbocycles. The fourth-order valence-corrected chi connectivity index (χ4v) is 1.76. The molecule has 1 radical (unpaired) electrons. The van der Waals surface area contributed by atoms with Gasteiger partial charge in [0.05, 0.1) is 13.6 Å². The van der Waals surface area contributed by atoms with Crippen LogP contribution < -0.4 is 0 Å². The zero-order valence-corrected chi connectivity index (χ0v) is 7.98. The zero-order valence-electron chi connectivity index (χ0n) is 7.82. The van der Waals surface area contributed by atoms with Crippen molar-refractivity contribution in [2.75, 3.05) is 13.2 Å². The molecule has 4 atom stereocenters. The number of ether oxygens (including phenoxy) is 2. The van der Waals surface area contributed by atoms with Crippen molar-refractivity contribution >= 4 is 16.5 Å². The molecule has 0 aromatic rings. The Labute approximate surface area is 72.9 Å². The third-order valence-corrected chi connectivity index (χ3v) is 2.51. The molecule has 1 aliphatic heterocycles. The summed E-state index contributed by atoms with van der Waals surface area (Å²) in [7, 11) is 4.73. The van der Waals surface area contributed by atoms with Crippen molar-refractivity contribution < 1.29 is 10.8 Å². The third-order valence-electron chi connectivity index (χ3n) is 2.05. The molecule has 0 N–H and O–H groups in total. The van der Waals surface area contributed by atoms with Crippen LogP contribution in [-0.4, -0.2) is 38.7 Å². The molecular formula is C7H15BO2P. The Bertz CT molecular complexity index is 139. The molecule has 0 amide bonds. The lowest BCUT2D eigenvalue weighted by molar-refractivity contribution is 0.0232. The van der Waals surface area contributed by atoms with Crippen molar-refractivity contribution in [2.45, 2.75) is 31.5 Å². The quantitative estimate of drug-likeness (QED) is 0.465. The molecule has 11 heavy (non-hydrogen) atoms. The van der Waals surface area contributed by atoms with E-state index in [9.17, 15) is 0 Å². The van der Waals surface area contributed by atoms with Crippen LogP contribution in [0.5, 0.6) is 0 Å². The molecule has 1 unspecified atom stereocenters. The maximum atomic E-state index is 6.96. The van der Waals surface area contributed by atoms with Gasteiger partial charge in [-0.15, -0.1) is 9.24 Å². The molecule has 0 aliphatic carbocycles. The minimum Gasteiger partial charge on any atom is -0.381 e. The van der Waals surface area contributed by atoms with Gasteiger partial charge >= 0.3 is 0 Å². The molecule has 1 fully saturated rings. The highest BCUT2D eigenvalue weighted by Gasteiger charge is 2.32. The van der Waals surface area contributed by atoms with Crippen LogP contribution in [0.25, 0.3) is 0 Å². The van der Waals surface area contributed by atoms with Gasteiger partial charge in [0.15, 0.2) is 0 Å². The maximum Gasteiger partial charge on any atom is 0.146 e. The van der Waals surface area contributed by atoms with Crippen LogP contribution in [0.4, 0.5) is 0 Å². The van der Waals surface area contributed by atoms with Gasteiger partial charge in [0.2, 0.25) is 0 Å². The zero-order chi connectivity index (χ0) is 8.97. The number of hydrogen-bond acceptors (Lipinski definition) is 2. The Morgan fingerprint density at radius 3 is 3.27 bits per heavy atom. The van der Waals surface area contributed by atoms with Crippen molar-refractivity contribution in [1.29, 1.82) is 0 Å². The minimum absolute atomic E-state index is 0.0334. The molecule has 4 heteroatoms. The van der Waals surface area contributed by atoms with Gasteiger partial charge in [0.25, 0.3) is 0 Å². The SMILES string of the molecule is [3H]CO[C@@H]1C[C@H]([B]C)O[C@@H]1CP. The average Bonchev–Trinajstić information content (AvgIpc) is 2.48. The molecule has 0 aromatic carbocycles. The summed E-state index contributed by atoms with van der Waals surface area (Å²) in [6.45, 7) is 1.99. The second-order valence-electron chi connectivity index (χ2n) is 2.72. The van der Waals surface area contributed by atoms with Crippen LogP contribution in [0.1, 0.15) is 7.79 Å². The topological polar surface area (TPSA) is 18.5 Å². The van der Waals surface area contributed by atoms with E-state index in [1.54, 1.807) is 0 Å². The van der Waals surface area contributed by atoms with Crippen LogP contribution >= 0.6 is 9.24 Å². The molecule has 2 nitrogen and oxygen atoms in total. The highest BCUT2D eigenvalue weighted by molar-refractivity contribution is 7.16. The molecule has 0 bridgehead atoms. The molecule has 1 aliphatic rings. The summed E-state index contributed by atoms with van der Waals surface area (Å²) < 4.78 is 17.8. The summed E-state index contributed by atoms with van der Waals surface area (Å²) >= 11 is 0. The molecule has 1 rings (SSSR count). The van der Waals surface area contributed by atoms with Gasteiger partial charge in [-0.25, -0.2) is 0 Å². The van der Waals surface area contributed by atoms with Crippen LogP contribution in [-0.2, 0) is 9.47 Å². The second kappa shape index (κ2) is 4.44. The lowest BCUT2D eigenvalue weighted by Gasteiger charge is -2.14. The smallest absolute Gasteiger partial charge is 0.146 e. The van der Waals surface area contributed by atoms with Crippen LogP contribution in [0.3, 0.4) is 0 Å². The Morgan fingerprint density at radius 2 is 2.73 bits per heavy atom. The van der Waals surface area contributed by atoms with Gasteiger partial charge in [0.1, 0.15) is 7.28 Å². The lowest BCUT2D eigenvalue weighted by Crippen LogP contribution is -2.24. The maximum absolute atomic E-state index is 6.96. The Morgan fingerprint density at radius 1 is 1.91 bits per heavy atom. The summed E-state index contributed by atoms with van der Waals surface area (Å²) in [6, 6.07) is 0.215. The van der Waals surface area contributed by atoms with Crippen LogP contribution in [0, 0.1) is 0 Å². The molecule has 63 valence electrons. The predicted molar refractivity (Wildman–Crippen MR) is 50.3 cm³/mol. The Hall–Kier alpha value is 0.415. The monoisotopic (exact) mass is 175 g/mol. The first-order valence-electron chi connectivity index (χ1n) is 4.58. The highest BCUT2D eigenvalue weighted by atomic mass is 31.0. The summed E-state index contributed by atoms with van der Waals surface area (Å²) in [5.41, 5.74) is 0. The number of hydrogen-bond donors (Lipinski definition) is 0. The first-order chi connectivity index (χ1) is 5.81.